The van der Waals surface area contributed by atoms with Crippen LogP contribution in [0.15, 0.2) is 42.6 Å². The van der Waals surface area contributed by atoms with Gasteiger partial charge in [-0.25, -0.2) is 0 Å². The molecule has 0 aliphatic carbocycles. The lowest BCUT2D eigenvalue weighted by molar-refractivity contribution is 0.0783. The van der Waals surface area contributed by atoms with Crippen LogP contribution in [0.5, 0.6) is 0 Å². The number of hydrogen-bond acceptors (Lipinski definition) is 3. The summed E-state index contributed by atoms with van der Waals surface area (Å²) in [7, 11) is 3.96. The molecule has 0 radical (unpaired) electrons. The highest BCUT2D eigenvalue weighted by Gasteiger charge is 2.20. The number of hydrogen-bond donors (Lipinski definition) is 1. The second-order valence-electron chi connectivity index (χ2n) is 6.81. The molecule has 2 aromatic heterocycles. The van der Waals surface area contributed by atoms with Crippen molar-refractivity contribution in [1.82, 2.24) is 19.8 Å². The second kappa shape index (κ2) is 6.33. The average Bonchev–Trinajstić information content (AvgIpc) is 2.99. The Hall–Kier alpha value is -2.66. The highest BCUT2D eigenvalue weighted by Crippen LogP contribution is 2.28. The van der Waals surface area contributed by atoms with E-state index in [2.05, 4.69) is 21.9 Å². The number of amides is 1. The molecule has 3 aromatic rings. The summed E-state index contributed by atoms with van der Waals surface area (Å²) >= 11 is 0. The van der Waals surface area contributed by atoms with E-state index in [1.807, 2.05) is 43.4 Å². The zero-order valence-electron chi connectivity index (χ0n) is 14.6. The molecular formula is C20H22N4O. The fraction of sp³-hybridized carbons (Fsp3) is 0.300. The normalized spacial score (nSPS) is 14.5. The molecule has 0 fully saturated rings. The molecule has 25 heavy (non-hydrogen) atoms. The van der Waals surface area contributed by atoms with Crippen LogP contribution in [0.4, 0.5) is 0 Å². The van der Waals surface area contributed by atoms with Gasteiger partial charge < -0.3 is 14.8 Å². The molecule has 5 nitrogen and oxygen atoms in total. The van der Waals surface area contributed by atoms with Crippen LogP contribution in [-0.4, -0.2) is 46.3 Å². The number of pyridine rings is 1. The number of likely N-dealkylation sites (N-methyl/N-ethyl adjacent to an activating group) is 1. The van der Waals surface area contributed by atoms with Gasteiger partial charge in [-0.1, -0.05) is 6.07 Å². The first-order valence-corrected chi connectivity index (χ1v) is 8.59. The number of rotatable bonds is 3. The van der Waals surface area contributed by atoms with Gasteiger partial charge in [0, 0.05) is 54.9 Å². The lowest BCUT2D eigenvalue weighted by Crippen LogP contribution is -2.27. The maximum atomic E-state index is 12.8. The highest BCUT2D eigenvalue weighted by molar-refractivity contribution is 5.99. The standard InChI is InChI=1S/C20H22N4O/c1-23-10-8-19-17(13-23)16-11-14(6-7-18(16)22-19)20(25)24(2)12-15-5-3-4-9-21-15/h3-7,9,11,22H,8,10,12-13H2,1-2H3. The first kappa shape index (κ1) is 15.8. The van der Waals surface area contributed by atoms with Gasteiger partial charge in [-0.05, 0) is 42.9 Å². The van der Waals surface area contributed by atoms with Crippen LogP contribution >= 0.6 is 0 Å². The molecule has 0 bridgehead atoms. The van der Waals surface area contributed by atoms with Gasteiger partial charge in [0.25, 0.3) is 5.91 Å². The number of aromatic nitrogens is 2. The lowest BCUT2D eigenvalue weighted by atomic mass is 10.0. The number of H-pyrrole nitrogens is 1. The molecule has 0 spiro atoms. The maximum absolute atomic E-state index is 12.8. The molecule has 4 rings (SSSR count). The molecule has 1 aliphatic rings. The van der Waals surface area contributed by atoms with Crippen molar-refractivity contribution in [2.75, 3.05) is 20.6 Å². The highest BCUT2D eigenvalue weighted by atomic mass is 16.2. The van der Waals surface area contributed by atoms with Gasteiger partial charge >= 0.3 is 0 Å². The summed E-state index contributed by atoms with van der Waals surface area (Å²) in [5.41, 5.74) is 5.36. The van der Waals surface area contributed by atoms with E-state index in [4.69, 9.17) is 0 Å². The van der Waals surface area contributed by atoms with Crippen molar-refractivity contribution in [3.05, 3.63) is 65.1 Å². The van der Waals surface area contributed by atoms with Gasteiger partial charge in [0.2, 0.25) is 0 Å². The molecule has 0 atom stereocenters. The molecule has 0 saturated carbocycles. The lowest BCUT2D eigenvalue weighted by Gasteiger charge is -2.22. The quantitative estimate of drug-likeness (QED) is 0.801. The van der Waals surface area contributed by atoms with Gasteiger partial charge in [0.1, 0.15) is 0 Å². The summed E-state index contributed by atoms with van der Waals surface area (Å²) in [5.74, 6) is 0.0201. The Bertz CT molecular complexity index is 916. The minimum Gasteiger partial charge on any atom is -0.358 e. The van der Waals surface area contributed by atoms with Crippen LogP contribution in [0.25, 0.3) is 10.9 Å². The fourth-order valence-corrected chi connectivity index (χ4v) is 3.51. The van der Waals surface area contributed by atoms with Gasteiger partial charge in [-0.2, -0.15) is 0 Å². The molecular weight excluding hydrogens is 312 g/mol. The Labute approximate surface area is 147 Å². The van der Waals surface area contributed by atoms with Crippen molar-refractivity contribution >= 4 is 16.8 Å². The molecule has 5 heteroatoms. The summed E-state index contributed by atoms with van der Waals surface area (Å²) in [6.07, 6.45) is 2.78. The monoisotopic (exact) mass is 334 g/mol. The summed E-state index contributed by atoms with van der Waals surface area (Å²) in [6, 6.07) is 11.7. The third-order valence-corrected chi connectivity index (χ3v) is 4.89. The zero-order chi connectivity index (χ0) is 17.4. The predicted octanol–water partition coefficient (Wildman–Crippen LogP) is 2.82. The van der Waals surface area contributed by atoms with E-state index < -0.39 is 0 Å². The summed E-state index contributed by atoms with van der Waals surface area (Å²) in [6.45, 7) is 2.50. The number of aromatic amines is 1. The number of fused-ring (bicyclic) bond motifs is 3. The van der Waals surface area contributed by atoms with E-state index in [-0.39, 0.29) is 5.91 Å². The van der Waals surface area contributed by atoms with Gasteiger partial charge in [-0.15, -0.1) is 0 Å². The largest absolute Gasteiger partial charge is 0.358 e. The summed E-state index contributed by atoms with van der Waals surface area (Å²) in [5, 5.41) is 1.17. The molecule has 0 saturated heterocycles. The maximum Gasteiger partial charge on any atom is 0.253 e. The van der Waals surface area contributed by atoms with Crippen LogP contribution < -0.4 is 0 Å². The number of nitrogens with zero attached hydrogens (tertiary/aromatic N) is 3. The first-order valence-electron chi connectivity index (χ1n) is 8.59. The van der Waals surface area contributed by atoms with Crippen LogP contribution in [0, 0.1) is 0 Å². The number of nitrogens with one attached hydrogen (secondary N) is 1. The van der Waals surface area contributed by atoms with E-state index >= 15 is 0 Å². The van der Waals surface area contributed by atoms with Crippen molar-refractivity contribution in [2.24, 2.45) is 0 Å². The minimum atomic E-state index is 0.0201. The van der Waals surface area contributed by atoms with Gasteiger partial charge in [-0.3, -0.25) is 9.78 Å². The zero-order valence-corrected chi connectivity index (χ0v) is 14.6. The van der Waals surface area contributed by atoms with Crippen molar-refractivity contribution in [2.45, 2.75) is 19.5 Å². The number of benzene rings is 1. The fourth-order valence-electron chi connectivity index (χ4n) is 3.51. The molecule has 1 aromatic carbocycles. The minimum absolute atomic E-state index is 0.0201. The van der Waals surface area contributed by atoms with E-state index in [0.717, 1.165) is 36.3 Å². The Morgan fingerprint density at radius 2 is 2.20 bits per heavy atom. The van der Waals surface area contributed by atoms with E-state index in [1.54, 1.807) is 11.1 Å². The van der Waals surface area contributed by atoms with Crippen molar-refractivity contribution in [1.29, 1.82) is 0 Å². The SMILES string of the molecule is CN1CCc2[nH]c3ccc(C(=O)N(C)Cc4ccccn4)cc3c2C1. The Balaban J connectivity index is 1.62. The van der Waals surface area contributed by atoms with Crippen LogP contribution in [0.1, 0.15) is 27.3 Å². The van der Waals surface area contributed by atoms with Crippen LogP contribution in [0.3, 0.4) is 0 Å². The molecule has 128 valence electrons. The van der Waals surface area contributed by atoms with E-state index in [9.17, 15) is 4.79 Å². The van der Waals surface area contributed by atoms with Crippen molar-refractivity contribution in [3.63, 3.8) is 0 Å². The molecule has 3 heterocycles. The number of carbonyl (C=O) groups is 1. The van der Waals surface area contributed by atoms with Gasteiger partial charge in [0.15, 0.2) is 0 Å². The molecule has 0 unspecified atom stereocenters. The van der Waals surface area contributed by atoms with Gasteiger partial charge in [0.05, 0.1) is 12.2 Å². The Kier molecular flexibility index (Phi) is 4.01. The summed E-state index contributed by atoms with van der Waals surface area (Å²) in [4.78, 5) is 24.7. The molecule has 1 N–H and O–H groups in total. The Morgan fingerprint density at radius 3 is 3.00 bits per heavy atom. The average molecular weight is 334 g/mol. The molecule has 1 aliphatic heterocycles. The Morgan fingerprint density at radius 1 is 1.32 bits per heavy atom. The van der Waals surface area contributed by atoms with E-state index in [1.165, 1.54) is 16.6 Å². The molecule has 1 amide bonds. The van der Waals surface area contributed by atoms with Crippen LogP contribution in [0.2, 0.25) is 0 Å². The van der Waals surface area contributed by atoms with Crippen molar-refractivity contribution < 1.29 is 4.79 Å². The topological polar surface area (TPSA) is 52.2 Å². The van der Waals surface area contributed by atoms with E-state index in [0.29, 0.717) is 6.54 Å². The summed E-state index contributed by atoms with van der Waals surface area (Å²) < 4.78 is 0. The smallest absolute Gasteiger partial charge is 0.253 e. The first-order chi connectivity index (χ1) is 12.1. The third kappa shape index (κ3) is 3.03. The number of carbonyl (C=O) groups excluding carboxylic acids is 1. The van der Waals surface area contributed by atoms with Crippen LogP contribution in [-0.2, 0) is 19.5 Å². The third-order valence-electron chi connectivity index (χ3n) is 4.89. The van der Waals surface area contributed by atoms with Crippen molar-refractivity contribution in [3.8, 4) is 0 Å². The second-order valence-corrected chi connectivity index (χ2v) is 6.81. The predicted molar refractivity (Wildman–Crippen MR) is 98.4 cm³/mol.